The summed E-state index contributed by atoms with van der Waals surface area (Å²) in [4.78, 5) is 22.9. The molecule has 1 heterocycles. The number of rotatable bonds is 6. The minimum absolute atomic E-state index is 0.181. The maximum atomic E-state index is 12.3. The zero-order valence-electron chi connectivity index (χ0n) is 13.3. The van der Waals surface area contributed by atoms with E-state index in [4.69, 9.17) is 0 Å². The number of benzene rings is 1. The SMILES string of the molecule is CCN(CC)c1nccc(C(=O)NCc2ccccc2C)n1. The highest BCUT2D eigenvalue weighted by molar-refractivity contribution is 5.92. The number of anilines is 1. The molecule has 0 fully saturated rings. The number of hydrogen-bond acceptors (Lipinski definition) is 4. The minimum atomic E-state index is -0.181. The Hall–Kier alpha value is -2.43. The lowest BCUT2D eigenvalue weighted by molar-refractivity contribution is 0.0946. The molecular formula is C17H22N4O. The number of carbonyl (C=O) groups is 1. The van der Waals surface area contributed by atoms with Gasteiger partial charge in [0.05, 0.1) is 0 Å². The molecule has 22 heavy (non-hydrogen) atoms. The molecule has 1 amide bonds. The molecule has 1 aromatic carbocycles. The predicted octanol–water partition coefficient (Wildman–Crippen LogP) is 2.56. The number of nitrogens with zero attached hydrogens (tertiary/aromatic N) is 3. The Kier molecular flexibility index (Phi) is 5.47. The molecule has 0 atom stereocenters. The van der Waals surface area contributed by atoms with E-state index in [2.05, 4.69) is 15.3 Å². The van der Waals surface area contributed by atoms with Gasteiger partial charge in [0, 0.05) is 25.8 Å². The third kappa shape index (κ3) is 3.81. The van der Waals surface area contributed by atoms with Crippen molar-refractivity contribution in [3.8, 4) is 0 Å². The number of aromatic nitrogens is 2. The van der Waals surface area contributed by atoms with Gasteiger partial charge in [0.15, 0.2) is 0 Å². The van der Waals surface area contributed by atoms with Crippen LogP contribution in [0.2, 0.25) is 0 Å². The number of nitrogens with one attached hydrogen (secondary N) is 1. The molecule has 0 aliphatic rings. The molecule has 0 saturated carbocycles. The van der Waals surface area contributed by atoms with Crippen LogP contribution in [0.1, 0.15) is 35.5 Å². The van der Waals surface area contributed by atoms with Gasteiger partial charge in [-0.25, -0.2) is 9.97 Å². The molecule has 0 saturated heterocycles. The summed E-state index contributed by atoms with van der Waals surface area (Å²) in [5, 5.41) is 2.91. The summed E-state index contributed by atoms with van der Waals surface area (Å²) in [6, 6.07) is 9.64. The molecule has 0 unspecified atom stereocenters. The van der Waals surface area contributed by atoms with Crippen LogP contribution in [0.4, 0.5) is 5.95 Å². The first-order chi connectivity index (χ1) is 10.7. The minimum Gasteiger partial charge on any atom is -0.347 e. The van der Waals surface area contributed by atoms with Crippen molar-refractivity contribution in [3.63, 3.8) is 0 Å². The standard InChI is InChI=1S/C17H22N4O/c1-4-21(5-2)17-18-11-10-15(20-17)16(22)19-12-14-9-7-6-8-13(14)3/h6-11H,4-5,12H2,1-3H3,(H,19,22). The van der Waals surface area contributed by atoms with E-state index in [9.17, 15) is 4.79 Å². The maximum Gasteiger partial charge on any atom is 0.270 e. The van der Waals surface area contributed by atoms with Crippen molar-refractivity contribution in [2.45, 2.75) is 27.3 Å². The average molecular weight is 298 g/mol. The largest absolute Gasteiger partial charge is 0.347 e. The topological polar surface area (TPSA) is 58.1 Å². The van der Waals surface area contributed by atoms with Crippen LogP contribution >= 0.6 is 0 Å². The van der Waals surface area contributed by atoms with Crippen LogP contribution in [0.15, 0.2) is 36.5 Å². The Morgan fingerprint density at radius 2 is 1.91 bits per heavy atom. The predicted molar refractivity (Wildman–Crippen MR) is 87.9 cm³/mol. The first-order valence-electron chi connectivity index (χ1n) is 7.56. The molecule has 1 aromatic heterocycles. The monoisotopic (exact) mass is 298 g/mol. The lowest BCUT2D eigenvalue weighted by Gasteiger charge is -2.18. The number of hydrogen-bond donors (Lipinski definition) is 1. The van der Waals surface area contributed by atoms with Gasteiger partial charge in [0.1, 0.15) is 5.69 Å². The Bertz CT molecular complexity index is 638. The van der Waals surface area contributed by atoms with Crippen molar-refractivity contribution in [2.24, 2.45) is 0 Å². The maximum absolute atomic E-state index is 12.3. The van der Waals surface area contributed by atoms with Gasteiger partial charge in [-0.1, -0.05) is 24.3 Å². The third-order valence-electron chi connectivity index (χ3n) is 3.62. The van der Waals surface area contributed by atoms with Crippen molar-refractivity contribution in [1.29, 1.82) is 0 Å². The first kappa shape index (κ1) is 15.9. The van der Waals surface area contributed by atoms with E-state index in [-0.39, 0.29) is 5.91 Å². The summed E-state index contributed by atoms with van der Waals surface area (Å²) in [5.41, 5.74) is 2.66. The molecule has 5 nitrogen and oxygen atoms in total. The summed E-state index contributed by atoms with van der Waals surface area (Å²) in [6.07, 6.45) is 1.63. The van der Waals surface area contributed by atoms with Gasteiger partial charge in [-0.2, -0.15) is 0 Å². The highest BCUT2D eigenvalue weighted by Gasteiger charge is 2.11. The van der Waals surface area contributed by atoms with Gasteiger partial charge >= 0.3 is 0 Å². The Labute approximate surface area is 131 Å². The molecule has 0 radical (unpaired) electrons. The van der Waals surface area contributed by atoms with Gasteiger partial charge in [-0.15, -0.1) is 0 Å². The van der Waals surface area contributed by atoms with Gasteiger partial charge in [0.2, 0.25) is 5.95 Å². The Morgan fingerprint density at radius 3 is 2.59 bits per heavy atom. The molecule has 0 spiro atoms. The molecule has 2 aromatic rings. The van der Waals surface area contributed by atoms with Crippen LogP contribution in [-0.2, 0) is 6.54 Å². The molecule has 1 N–H and O–H groups in total. The van der Waals surface area contributed by atoms with Gasteiger partial charge < -0.3 is 10.2 Å². The zero-order valence-corrected chi connectivity index (χ0v) is 13.3. The second-order valence-corrected chi connectivity index (χ2v) is 5.02. The molecule has 0 aliphatic carbocycles. The fourth-order valence-electron chi connectivity index (χ4n) is 2.21. The molecular weight excluding hydrogens is 276 g/mol. The quantitative estimate of drug-likeness (QED) is 0.890. The fourth-order valence-corrected chi connectivity index (χ4v) is 2.21. The summed E-state index contributed by atoms with van der Waals surface area (Å²) in [6.45, 7) is 8.23. The van der Waals surface area contributed by atoms with Gasteiger partial charge in [-0.05, 0) is 38.0 Å². The van der Waals surface area contributed by atoms with Crippen LogP contribution in [-0.4, -0.2) is 29.0 Å². The highest BCUT2D eigenvalue weighted by atomic mass is 16.1. The summed E-state index contributed by atoms with van der Waals surface area (Å²) in [7, 11) is 0. The smallest absolute Gasteiger partial charge is 0.270 e. The van der Waals surface area contributed by atoms with E-state index >= 15 is 0 Å². The van der Waals surface area contributed by atoms with Gasteiger partial charge in [0.25, 0.3) is 5.91 Å². The highest BCUT2D eigenvalue weighted by Crippen LogP contribution is 2.09. The van der Waals surface area contributed by atoms with Crippen molar-refractivity contribution in [3.05, 3.63) is 53.3 Å². The zero-order chi connectivity index (χ0) is 15.9. The fraction of sp³-hybridized carbons (Fsp3) is 0.353. The number of aryl methyl sites for hydroxylation is 1. The number of carbonyl (C=O) groups excluding carboxylic acids is 1. The van der Waals surface area contributed by atoms with Crippen LogP contribution in [0.5, 0.6) is 0 Å². The van der Waals surface area contributed by atoms with Crippen LogP contribution < -0.4 is 10.2 Å². The Balaban J connectivity index is 2.07. The normalized spacial score (nSPS) is 10.3. The summed E-state index contributed by atoms with van der Waals surface area (Å²) < 4.78 is 0. The average Bonchev–Trinajstić information content (AvgIpc) is 2.55. The van der Waals surface area contributed by atoms with E-state index in [1.807, 2.05) is 49.9 Å². The summed E-state index contributed by atoms with van der Waals surface area (Å²) in [5.74, 6) is 0.410. The molecule has 5 heteroatoms. The van der Waals surface area contributed by atoms with Crippen molar-refractivity contribution in [2.75, 3.05) is 18.0 Å². The summed E-state index contributed by atoms with van der Waals surface area (Å²) >= 11 is 0. The van der Waals surface area contributed by atoms with Crippen molar-refractivity contribution < 1.29 is 4.79 Å². The molecule has 0 bridgehead atoms. The van der Waals surface area contributed by atoms with Crippen LogP contribution in [0, 0.1) is 6.92 Å². The van der Waals surface area contributed by atoms with E-state index in [0.29, 0.717) is 18.2 Å². The van der Waals surface area contributed by atoms with E-state index in [0.717, 1.165) is 24.2 Å². The van der Waals surface area contributed by atoms with Crippen molar-refractivity contribution >= 4 is 11.9 Å². The third-order valence-corrected chi connectivity index (χ3v) is 3.62. The van der Waals surface area contributed by atoms with Crippen LogP contribution in [0.25, 0.3) is 0 Å². The van der Waals surface area contributed by atoms with Crippen molar-refractivity contribution in [1.82, 2.24) is 15.3 Å². The molecule has 0 aliphatic heterocycles. The van der Waals surface area contributed by atoms with Gasteiger partial charge in [-0.3, -0.25) is 4.79 Å². The molecule has 116 valence electrons. The van der Waals surface area contributed by atoms with Crippen LogP contribution in [0.3, 0.4) is 0 Å². The van der Waals surface area contributed by atoms with E-state index < -0.39 is 0 Å². The Morgan fingerprint density at radius 1 is 1.18 bits per heavy atom. The lowest BCUT2D eigenvalue weighted by Crippen LogP contribution is -2.27. The molecule has 2 rings (SSSR count). The van der Waals surface area contributed by atoms with E-state index in [1.165, 1.54) is 0 Å². The first-order valence-corrected chi connectivity index (χ1v) is 7.56. The second kappa shape index (κ2) is 7.54. The lowest BCUT2D eigenvalue weighted by atomic mass is 10.1. The second-order valence-electron chi connectivity index (χ2n) is 5.02. The van der Waals surface area contributed by atoms with E-state index in [1.54, 1.807) is 12.3 Å². The number of amides is 1.